The van der Waals surface area contributed by atoms with Crippen LogP contribution in [0.4, 0.5) is 20.3 Å². The summed E-state index contributed by atoms with van der Waals surface area (Å²) in [4.78, 5) is 20.5. The average Bonchev–Trinajstić information content (AvgIpc) is 3.41. The highest BCUT2D eigenvalue weighted by Crippen LogP contribution is 2.47. The topological polar surface area (TPSA) is 115 Å². The second kappa shape index (κ2) is 11.3. The van der Waals surface area contributed by atoms with Gasteiger partial charge in [-0.3, -0.25) is 4.79 Å². The van der Waals surface area contributed by atoms with Gasteiger partial charge >= 0.3 is 0 Å². The molecule has 4 rings (SSSR count). The molecule has 1 aliphatic heterocycles. The van der Waals surface area contributed by atoms with Crippen LogP contribution in [-0.4, -0.2) is 64.7 Å². The zero-order valence-electron chi connectivity index (χ0n) is 20.2. The number of nitrogen functional groups attached to an aromatic ring is 1. The summed E-state index contributed by atoms with van der Waals surface area (Å²) in [5, 5.41) is 4.25. The van der Waals surface area contributed by atoms with Gasteiger partial charge in [-0.15, -0.1) is 11.3 Å². The Bertz CT molecular complexity index is 1230. The van der Waals surface area contributed by atoms with Gasteiger partial charge in [0.25, 0.3) is 12.3 Å². The minimum Gasteiger partial charge on any atom is -0.490 e. The lowest BCUT2D eigenvalue weighted by molar-refractivity contribution is 0.0999. The third-order valence-electron chi connectivity index (χ3n) is 6.59. The molecule has 36 heavy (non-hydrogen) atoms. The number of thiophene rings is 1. The molecule has 9 nitrogen and oxygen atoms in total. The molecule has 4 heterocycles. The lowest BCUT2D eigenvalue weighted by Gasteiger charge is -2.34. The van der Waals surface area contributed by atoms with E-state index in [0.717, 1.165) is 36.5 Å². The van der Waals surface area contributed by atoms with Gasteiger partial charge in [0, 0.05) is 31.1 Å². The highest BCUT2D eigenvalue weighted by Gasteiger charge is 2.35. The van der Waals surface area contributed by atoms with Crippen LogP contribution in [0.3, 0.4) is 0 Å². The molecule has 3 aromatic heterocycles. The molecule has 0 aromatic carbocycles. The van der Waals surface area contributed by atoms with E-state index in [1.807, 2.05) is 19.9 Å². The van der Waals surface area contributed by atoms with Crippen LogP contribution < -0.4 is 21.1 Å². The number of halogens is 3. The monoisotopic (exact) mass is 585 g/mol. The minimum absolute atomic E-state index is 0.0478. The standard InChI is InChI=1S/C23H30BrF2N7O2S/c1-3-31(4-2)8-9-35-18-16(19(21(25)26)36-20(18)23(28)34)13-6-5-7-32(11-13)14-10-15(24)33-17(14)22(27)29-12-30-33/h10,12-13,21H,3-9,11H2,1-2H3,(H2,28,34)(H2,27,29,30). The number of ether oxygens (including phenoxy) is 1. The lowest BCUT2D eigenvalue weighted by atomic mass is 9.89. The highest BCUT2D eigenvalue weighted by molar-refractivity contribution is 9.10. The first-order valence-corrected chi connectivity index (χ1v) is 13.5. The number of carbonyl (C=O) groups excluding carboxylic acids is 1. The van der Waals surface area contributed by atoms with Crippen molar-refractivity contribution in [3.8, 4) is 5.75 Å². The molecule has 1 unspecified atom stereocenters. The summed E-state index contributed by atoms with van der Waals surface area (Å²) in [7, 11) is 0. The number of nitrogens with two attached hydrogens (primary N) is 2. The number of alkyl halides is 2. The molecule has 1 fully saturated rings. The molecule has 0 saturated carbocycles. The number of primary amides is 1. The van der Waals surface area contributed by atoms with Gasteiger partial charge in [0.05, 0.1) is 10.6 Å². The second-order valence-corrected chi connectivity index (χ2v) is 10.5. The van der Waals surface area contributed by atoms with Crippen LogP contribution >= 0.6 is 27.3 Å². The van der Waals surface area contributed by atoms with E-state index in [9.17, 15) is 13.6 Å². The van der Waals surface area contributed by atoms with Crippen LogP contribution in [0.1, 0.15) is 59.1 Å². The van der Waals surface area contributed by atoms with Gasteiger partial charge in [0.1, 0.15) is 33.7 Å². The number of aromatic nitrogens is 3. The Morgan fingerprint density at radius 3 is 2.81 bits per heavy atom. The molecule has 1 saturated heterocycles. The van der Waals surface area contributed by atoms with Gasteiger partial charge in [-0.1, -0.05) is 13.8 Å². The second-order valence-electron chi connectivity index (χ2n) is 8.62. The Labute approximate surface area is 220 Å². The van der Waals surface area contributed by atoms with Gasteiger partial charge in [-0.05, 0) is 47.9 Å². The van der Waals surface area contributed by atoms with E-state index in [4.69, 9.17) is 16.2 Å². The summed E-state index contributed by atoms with van der Waals surface area (Å²) < 4.78 is 36.9. The van der Waals surface area contributed by atoms with Gasteiger partial charge in [0.15, 0.2) is 5.82 Å². The van der Waals surface area contributed by atoms with Crippen LogP contribution in [0, 0.1) is 0 Å². The largest absolute Gasteiger partial charge is 0.490 e. The van der Waals surface area contributed by atoms with Crippen LogP contribution in [0.25, 0.3) is 5.52 Å². The van der Waals surface area contributed by atoms with E-state index in [2.05, 4.69) is 35.8 Å². The number of piperidine rings is 1. The van der Waals surface area contributed by atoms with Crippen molar-refractivity contribution in [1.29, 1.82) is 0 Å². The normalized spacial score (nSPS) is 16.4. The van der Waals surface area contributed by atoms with Gasteiger partial charge in [-0.25, -0.2) is 18.3 Å². The quantitative estimate of drug-likeness (QED) is 0.365. The number of fused-ring (bicyclic) bond motifs is 1. The molecule has 196 valence electrons. The minimum atomic E-state index is -2.74. The number of nitrogens with zero attached hydrogens (tertiary/aromatic N) is 5. The molecule has 1 aliphatic rings. The fraction of sp³-hybridized carbons (Fsp3) is 0.522. The summed E-state index contributed by atoms with van der Waals surface area (Å²) in [6.07, 6.45) is 0.0724. The van der Waals surface area contributed by atoms with E-state index in [0.29, 0.717) is 47.6 Å². The number of carbonyl (C=O) groups is 1. The summed E-state index contributed by atoms with van der Waals surface area (Å²) >= 11 is 4.25. The third-order valence-corrected chi connectivity index (χ3v) is 8.36. The average molecular weight is 587 g/mol. The maximum atomic E-state index is 14.2. The van der Waals surface area contributed by atoms with Crippen molar-refractivity contribution in [2.75, 3.05) is 50.0 Å². The third kappa shape index (κ3) is 5.14. The van der Waals surface area contributed by atoms with E-state index in [1.54, 1.807) is 4.52 Å². The zero-order valence-corrected chi connectivity index (χ0v) is 22.6. The van der Waals surface area contributed by atoms with Crippen molar-refractivity contribution in [1.82, 2.24) is 19.5 Å². The Morgan fingerprint density at radius 2 is 2.14 bits per heavy atom. The van der Waals surface area contributed by atoms with E-state index < -0.39 is 12.3 Å². The lowest BCUT2D eigenvalue weighted by Crippen LogP contribution is -2.35. The van der Waals surface area contributed by atoms with Gasteiger partial charge < -0.3 is 26.0 Å². The molecule has 4 N–H and O–H groups in total. The molecule has 1 atom stereocenters. The smallest absolute Gasteiger partial charge is 0.273 e. The number of amides is 1. The van der Waals surface area contributed by atoms with Crippen molar-refractivity contribution in [3.05, 3.63) is 32.3 Å². The van der Waals surface area contributed by atoms with Gasteiger partial charge in [-0.2, -0.15) is 5.10 Å². The van der Waals surface area contributed by atoms with Crippen molar-refractivity contribution >= 4 is 50.2 Å². The maximum absolute atomic E-state index is 14.2. The Hall–Kier alpha value is -2.51. The van der Waals surface area contributed by atoms with Crippen molar-refractivity contribution in [3.63, 3.8) is 0 Å². The van der Waals surface area contributed by atoms with E-state index in [-0.39, 0.29) is 28.0 Å². The first-order chi connectivity index (χ1) is 17.3. The molecule has 0 aliphatic carbocycles. The zero-order chi connectivity index (χ0) is 26.0. The Balaban J connectivity index is 1.70. The van der Waals surface area contributed by atoms with Gasteiger partial charge in [0.2, 0.25) is 0 Å². The van der Waals surface area contributed by atoms with Crippen LogP contribution in [0.2, 0.25) is 0 Å². The van der Waals surface area contributed by atoms with E-state index in [1.165, 1.54) is 6.33 Å². The SMILES string of the molecule is CCN(CC)CCOc1c(C(N)=O)sc(C(F)F)c1C1CCCN(c2cc(Br)n3ncnc(N)c23)C1. The molecule has 0 radical (unpaired) electrons. The molecule has 0 bridgehead atoms. The molecule has 13 heteroatoms. The number of anilines is 2. The predicted molar refractivity (Wildman–Crippen MR) is 140 cm³/mol. The van der Waals surface area contributed by atoms with Crippen LogP contribution in [-0.2, 0) is 0 Å². The first-order valence-electron chi connectivity index (χ1n) is 11.9. The number of rotatable bonds is 10. The number of hydrogen-bond donors (Lipinski definition) is 2. The summed E-state index contributed by atoms with van der Waals surface area (Å²) in [6, 6.07) is 1.90. The summed E-state index contributed by atoms with van der Waals surface area (Å²) in [5.74, 6) is -0.512. The number of hydrogen-bond acceptors (Lipinski definition) is 8. The molecule has 0 spiro atoms. The molecular formula is C23H30BrF2N7O2S. The molecule has 1 amide bonds. The van der Waals surface area contributed by atoms with Crippen LogP contribution in [0.15, 0.2) is 17.0 Å². The predicted octanol–water partition coefficient (Wildman–Crippen LogP) is 4.28. The summed E-state index contributed by atoms with van der Waals surface area (Å²) in [5.41, 5.74) is 13.6. The maximum Gasteiger partial charge on any atom is 0.273 e. The fourth-order valence-electron chi connectivity index (χ4n) is 4.80. The van der Waals surface area contributed by atoms with E-state index >= 15 is 0 Å². The Kier molecular flexibility index (Phi) is 8.30. The van der Waals surface area contributed by atoms with Crippen LogP contribution in [0.5, 0.6) is 5.75 Å². The van der Waals surface area contributed by atoms with Crippen molar-refractivity contribution in [2.45, 2.75) is 39.0 Å². The fourth-order valence-corrected chi connectivity index (χ4v) is 6.33. The highest BCUT2D eigenvalue weighted by atomic mass is 79.9. The first kappa shape index (κ1) is 26.6. The molecular weight excluding hydrogens is 556 g/mol. The Morgan fingerprint density at radius 1 is 1.39 bits per heavy atom. The van der Waals surface area contributed by atoms with Crippen molar-refractivity contribution < 1.29 is 18.3 Å². The molecule has 3 aromatic rings. The summed E-state index contributed by atoms with van der Waals surface area (Å²) in [6.45, 7) is 7.82. The van der Waals surface area contributed by atoms with Crippen molar-refractivity contribution in [2.24, 2.45) is 5.73 Å². The number of likely N-dealkylation sites (N-methyl/N-ethyl adjacent to an activating group) is 1.